The Balaban J connectivity index is 1.89. The molecule has 1 aliphatic heterocycles. The zero-order valence-electron chi connectivity index (χ0n) is 12.0. The molecule has 2 rings (SSSR count). The molecule has 1 atom stereocenters. The molecule has 0 aromatic heterocycles. The number of hydrogen-bond donors (Lipinski definition) is 1. The normalized spacial score (nSPS) is 17.4. The molecule has 0 saturated carbocycles. The summed E-state index contributed by atoms with van der Waals surface area (Å²) >= 11 is 0. The Morgan fingerprint density at radius 2 is 2.11 bits per heavy atom. The molecule has 104 valence electrons. The zero-order valence-corrected chi connectivity index (χ0v) is 12.0. The van der Waals surface area contributed by atoms with Crippen molar-refractivity contribution in [2.24, 2.45) is 0 Å². The molecule has 0 fully saturated rings. The topological polar surface area (TPSA) is 32.3 Å². The molecule has 1 aromatic carbocycles. The Bertz CT molecular complexity index is 431. The largest absolute Gasteiger partial charge is 0.338 e. The van der Waals surface area contributed by atoms with Gasteiger partial charge in [-0.25, -0.2) is 4.79 Å². The number of carbonyl (C=O) groups excluding carboxylic acids is 1. The van der Waals surface area contributed by atoms with E-state index in [4.69, 9.17) is 0 Å². The van der Waals surface area contributed by atoms with E-state index in [1.807, 2.05) is 23.1 Å². The molecule has 0 spiro atoms. The molecular weight excluding hydrogens is 236 g/mol. The highest BCUT2D eigenvalue weighted by atomic mass is 16.2. The molecule has 1 aromatic rings. The summed E-state index contributed by atoms with van der Waals surface area (Å²) in [6.45, 7) is 5.09. The fraction of sp³-hybridized carbons (Fsp3) is 0.562. The van der Waals surface area contributed by atoms with Crippen molar-refractivity contribution in [3.05, 3.63) is 29.8 Å². The van der Waals surface area contributed by atoms with Crippen molar-refractivity contribution in [3.8, 4) is 0 Å². The number of urea groups is 1. The lowest BCUT2D eigenvalue weighted by Gasteiger charge is -2.23. The standard InChI is InChI=1S/C16H24N2O/c1-3-4-5-8-11-17-16(19)18-13(2)12-14-9-6-7-10-15(14)18/h6-7,9-10,13H,3-5,8,11-12H2,1-2H3,(H,17,19). The first kappa shape index (κ1) is 13.9. The van der Waals surface area contributed by atoms with Crippen LogP contribution in [0.25, 0.3) is 0 Å². The predicted octanol–water partition coefficient (Wildman–Crippen LogP) is 3.73. The van der Waals surface area contributed by atoms with E-state index in [1.54, 1.807) is 0 Å². The maximum absolute atomic E-state index is 12.3. The second kappa shape index (κ2) is 6.60. The molecule has 2 amide bonds. The number of nitrogens with one attached hydrogen (secondary N) is 1. The van der Waals surface area contributed by atoms with Crippen LogP contribution < -0.4 is 10.2 Å². The predicted molar refractivity (Wildman–Crippen MR) is 79.6 cm³/mol. The van der Waals surface area contributed by atoms with E-state index in [0.29, 0.717) is 0 Å². The summed E-state index contributed by atoms with van der Waals surface area (Å²) in [5, 5.41) is 3.04. The van der Waals surface area contributed by atoms with Gasteiger partial charge in [0.15, 0.2) is 0 Å². The first-order valence-corrected chi connectivity index (χ1v) is 7.39. The van der Waals surface area contributed by atoms with Gasteiger partial charge in [-0.15, -0.1) is 0 Å². The molecule has 0 radical (unpaired) electrons. The maximum Gasteiger partial charge on any atom is 0.322 e. The van der Waals surface area contributed by atoms with E-state index in [0.717, 1.165) is 25.1 Å². The second-order valence-corrected chi connectivity index (χ2v) is 5.34. The van der Waals surface area contributed by atoms with Crippen LogP contribution in [0.4, 0.5) is 10.5 Å². The van der Waals surface area contributed by atoms with Crippen LogP contribution in [0, 0.1) is 0 Å². The average molecular weight is 260 g/mol. The van der Waals surface area contributed by atoms with Crippen LogP contribution in [0.3, 0.4) is 0 Å². The van der Waals surface area contributed by atoms with Crippen LogP contribution >= 0.6 is 0 Å². The number of fused-ring (bicyclic) bond motifs is 1. The highest BCUT2D eigenvalue weighted by Crippen LogP contribution is 2.31. The van der Waals surface area contributed by atoms with Gasteiger partial charge < -0.3 is 5.32 Å². The quantitative estimate of drug-likeness (QED) is 0.804. The number of benzene rings is 1. The first-order chi connectivity index (χ1) is 9.24. The van der Waals surface area contributed by atoms with E-state index in [9.17, 15) is 4.79 Å². The van der Waals surface area contributed by atoms with Crippen LogP contribution in [0.5, 0.6) is 0 Å². The monoisotopic (exact) mass is 260 g/mol. The van der Waals surface area contributed by atoms with Crippen LogP contribution in [-0.2, 0) is 6.42 Å². The van der Waals surface area contributed by atoms with Gasteiger partial charge in [0.25, 0.3) is 0 Å². The average Bonchev–Trinajstić information content (AvgIpc) is 2.74. The Morgan fingerprint density at radius 1 is 1.32 bits per heavy atom. The van der Waals surface area contributed by atoms with Gasteiger partial charge in [-0.3, -0.25) is 4.90 Å². The summed E-state index contributed by atoms with van der Waals surface area (Å²) in [5.74, 6) is 0. The Kier molecular flexibility index (Phi) is 4.83. The second-order valence-electron chi connectivity index (χ2n) is 5.34. The summed E-state index contributed by atoms with van der Waals surface area (Å²) in [5.41, 5.74) is 2.34. The van der Waals surface area contributed by atoms with E-state index < -0.39 is 0 Å². The molecule has 19 heavy (non-hydrogen) atoms. The third-order valence-corrected chi connectivity index (χ3v) is 3.73. The number of hydrogen-bond acceptors (Lipinski definition) is 1. The summed E-state index contributed by atoms with van der Waals surface area (Å²) in [6, 6.07) is 8.49. The van der Waals surface area contributed by atoms with Crippen molar-refractivity contribution in [2.45, 2.75) is 52.0 Å². The van der Waals surface area contributed by atoms with Crippen LogP contribution in [0.15, 0.2) is 24.3 Å². The molecule has 1 aliphatic rings. The van der Waals surface area contributed by atoms with Crippen molar-refractivity contribution in [2.75, 3.05) is 11.4 Å². The molecule has 1 heterocycles. The number of anilines is 1. The Hall–Kier alpha value is -1.51. The SMILES string of the molecule is CCCCCCNC(=O)N1c2ccccc2CC1C. The van der Waals surface area contributed by atoms with Crippen molar-refractivity contribution in [3.63, 3.8) is 0 Å². The fourth-order valence-corrected chi connectivity index (χ4v) is 2.71. The van der Waals surface area contributed by atoms with Gasteiger partial charge in [-0.1, -0.05) is 44.4 Å². The number of carbonyl (C=O) groups is 1. The minimum absolute atomic E-state index is 0.0500. The number of rotatable bonds is 5. The number of amides is 2. The zero-order chi connectivity index (χ0) is 13.7. The van der Waals surface area contributed by atoms with Crippen molar-refractivity contribution < 1.29 is 4.79 Å². The molecule has 1 unspecified atom stereocenters. The van der Waals surface area contributed by atoms with Gasteiger partial charge >= 0.3 is 6.03 Å². The smallest absolute Gasteiger partial charge is 0.322 e. The number of para-hydroxylation sites is 1. The lowest BCUT2D eigenvalue weighted by Crippen LogP contribution is -2.43. The lowest BCUT2D eigenvalue weighted by molar-refractivity contribution is 0.245. The Morgan fingerprint density at radius 3 is 2.89 bits per heavy atom. The molecule has 0 bridgehead atoms. The third-order valence-electron chi connectivity index (χ3n) is 3.73. The van der Waals surface area contributed by atoms with Crippen LogP contribution in [0.2, 0.25) is 0 Å². The molecule has 3 nitrogen and oxygen atoms in total. The van der Waals surface area contributed by atoms with Gasteiger partial charge in [-0.2, -0.15) is 0 Å². The van der Waals surface area contributed by atoms with Gasteiger partial charge in [0, 0.05) is 18.3 Å². The highest BCUT2D eigenvalue weighted by Gasteiger charge is 2.30. The van der Waals surface area contributed by atoms with Gasteiger partial charge in [0.1, 0.15) is 0 Å². The summed E-state index contributed by atoms with van der Waals surface area (Å²) in [7, 11) is 0. The molecular formula is C16H24N2O. The Labute approximate surface area is 116 Å². The lowest BCUT2D eigenvalue weighted by atomic mass is 10.1. The van der Waals surface area contributed by atoms with Crippen molar-refractivity contribution >= 4 is 11.7 Å². The first-order valence-electron chi connectivity index (χ1n) is 7.39. The minimum Gasteiger partial charge on any atom is -0.338 e. The van der Waals surface area contributed by atoms with Crippen LogP contribution in [0.1, 0.15) is 45.1 Å². The van der Waals surface area contributed by atoms with Crippen molar-refractivity contribution in [1.29, 1.82) is 0 Å². The van der Waals surface area contributed by atoms with Crippen molar-refractivity contribution in [1.82, 2.24) is 5.32 Å². The fourth-order valence-electron chi connectivity index (χ4n) is 2.71. The summed E-state index contributed by atoms with van der Waals surface area (Å²) in [6.07, 6.45) is 5.70. The van der Waals surface area contributed by atoms with E-state index in [2.05, 4.69) is 25.2 Å². The van der Waals surface area contributed by atoms with Gasteiger partial charge in [0.05, 0.1) is 0 Å². The number of nitrogens with zero attached hydrogens (tertiary/aromatic N) is 1. The highest BCUT2D eigenvalue weighted by molar-refractivity contribution is 5.94. The van der Waals surface area contributed by atoms with Crippen LogP contribution in [-0.4, -0.2) is 18.6 Å². The molecule has 3 heteroatoms. The van der Waals surface area contributed by atoms with E-state index in [1.165, 1.54) is 24.8 Å². The maximum atomic E-state index is 12.3. The van der Waals surface area contributed by atoms with Gasteiger partial charge in [0.2, 0.25) is 0 Å². The molecule has 1 N–H and O–H groups in total. The summed E-state index contributed by atoms with van der Waals surface area (Å²) < 4.78 is 0. The van der Waals surface area contributed by atoms with Gasteiger partial charge in [-0.05, 0) is 31.4 Å². The van der Waals surface area contributed by atoms with E-state index >= 15 is 0 Å². The number of unbranched alkanes of at least 4 members (excludes halogenated alkanes) is 3. The third kappa shape index (κ3) is 3.28. The molecule has 0 aliphatic carbocycles. The van der Waals surface area contributed by atoms with E-state index in [-0.39, 0.29) is 12.1 Å². The summed E-state index contributed by atoms with van der Waals surface area (Å²) in [4.78, 5) is 14.2. The minimum atomic E-state index is 0.0500. The molecule has 0 saturated heterocycles.